The quantitative estimate of drug-likeness (QED) is 0.711. The Hall–Kier alpha value is -2.54. The van der Waals surface area contributed by atoms with E-state index >= 15 is 0 Å². The Morgan fingerprint density at radius 1 is 1.08 bits per heavy atom. The highest BCUT2D eigenvalue weighted by atomic mass is 79.9. The first kappa shape index (κ1) is 16.9. The average molecular weight is 412 g/mol. The van der Waals surface area contributed by atoms with Crippen molar-refractivity contribution >= 4 is 44.4 Å². The number of pyridine rings is 1. The van der Waals surface area contributed by atoms with Crippen LogP contribution in [0.3, 0.4) is 0 Å². The third-order valence-electron chi connectivity index (χ3n) is 4.67. The molecule has 0 unspecified atom stereocenters. The number of hydrogen-bond acceptors (Lipinski definition) is 5. The second kappa shape index (κ2) is 7.37. The fraction of sp³-hybridized carbons (Fsp3) is 0.263. The number of benzene rings is 1. The van der Waals surface area contributed by atoms with Crippen molar-refractivity contribution in [1.82, 2.24) is 15.0 Å². The molecule has 3 heterocycles. The number of carbonyl (C=O) groups excluding carboxylic acids is 1. The normalized spacial score (nSPS) is 15.2. The zero-order valence-electron chi connectivity index (χ0n) is 14.1. The van der Waals surface area contributed by atoms with Gasteiger partial charge in [-0.3, -0.25) is 4.79 Å². The Bertz CT molecular complexity index is 917. The summed E-state index contributed by atoms with van der Waals surface area (Å²) in [5.41, 5.74) is 0.943. The van der Waals surface area contributed by atoms with Gasteiger partial charge >= 0.3 is 0 Å². The number of anilines is 2. The van der Waals surface area contributed by atoms with Gasteiger partial charge in [0.2, 0.25) is 5.91 Å². The Kier molecular flexibility index (Phi) is 4.79. The molecule has 4 rings (SSSR count). The van der Waals surface area contributed by atoms with Gasteiger partial charge in [0.1, 0.15) is 18.0 Å². The van der Waals surface area contributed by atoms with E-state index in [2.05, 4.69) is 41.1 Å². The van der Waals surface area contributed by atoms with Crippen molar-refractivity contribution in [3.05, 3.63) is 53.4 Å². The molecule has 7 heteroatoms. The standard InChI is InChI=1S/C19H18BrN5O/c20-14-5-6-17(21-11-14)24-19(26)13-7-9-25(10-8-13)18-15-3-1-2-4-16(15)22-12-23-18/h1-6,11-13H,7-10H2,(H,21,24,26). The Morgan fingerprint density at radius 3 is 2.65 bits per heavy atom. The van der Waals surface area contributed by atoms with E-state index in [4.69, 9.17) is 0 Å². The monoisotopic (exact) mass is 411 g/mol. The summed E-state index contributed by atoms with van der Waals surface area (Å²) in [5.74, 6) is 1.56. The number of nitrogens with one attached hydrogen (secondary N) is 1. The molecule has 0 atom stereocenters. The highest BCUT2D eigenvalue weighted by molar-refractivity contribution is 9.10. The minimum Gasteiger partial charge on any atom is -0.356 e. The lowest BCUT2D eigenvalue weighted by atomic mass is 9.95. The van der Waals surface area contributed by atoms with Gasteiger partial charge in [-0.2, -0.15) is 0 Å². The summed E-state index contributed by atoms with van der Waals surface area (Å²) in [6.45, 7) is 1.60. The minimum absolute atomic E-state index is 0.00945. The van der Waals surface area contributed by atoms with Gasteiger partial charge in [0.25, 0.3) is 0 Å². The van der Waals surface area contributed by atoms with E-state index in [-0.39, 0.29) is 11.8 Å². The molecule has 0 aliphatic carbocycles. The van der Waals surface area contributed by atoms with Gasteiger partial charge in [0, 0.05) is 35.1 Å². The predicted molar refractivity (Wildman–Crippen MR) is 105 cm³/mol. The van der Waals surface area contributed by atoms with Gasteiger partial charge in [-0.05, 0) is 53.0 Å². The molecule has 3 aromatic rings. The molecule has 6 nitrogen and oxygen atoms in total. The summed E-state index contributed by atoms with van der Waals surface area (Å²) in [6, 6.07) is 11.7. The average Bonchev–Trinajstić information content (AvgIpc) is 2.69. The molecule has 1 fully saturated rings. The smallest absolute Gasteiger partial charge is 0.228 e. The number of hydrogen-bond donors (Lipinski definition) is 1. The summed E-state index contributed by atoms with van der Waals surface area (Å²) < 4.78 is 0.890. The number of carbonyl (C=O) groups is 1. The molecular weight excluding hydrogens is 394 g/mol. The SMILES string of the molecule is O=C(Nc1ccc(Br)cn1)C1CCN(c2ncnc3ccccc23)CC1. The predicted octanol–water partition coefficient (Wildman–Crippen LogP) is 3.64. The van der Waals surface area contributed by atoms with Gasteiger partial charge in [-0.25, -0.2) is 15.0 Å². The van der Waals surface area contributed by atoms with Crippen LogP contribution in [-0.2, 0) is 4.79 Å². The maximum absolute atomic E-state index is 12.5. The van der Waals surface area contributed by atoms with E-state index in [1.807, 2.05) is 30.3 Å². The van der Waals surface area contributed by atoms with E-state index in [1.165, 1.54) is 0 Å². The Labute approximate surface area is 159 Å². The van der Waals surface area contributed by atoms with Crippen LogP contribution in [0.15, 0.2) is 53.4 Å². The number of aromatic nitrogens is 3. The molecule has 1 amide bonds. The topological polar surface area (TPSA) is 71.0 Å². The van der Waals surface area contributed by atoms with Crippen molar-refractivity contribution in [2.75, 3.05) is 23.3 Å². The lowest BCUT2D eigenvalue weighted by molar-refractivity contribution is -0.120. The third kappa shape index (κ3) is 3.53. The van der Waals surface area contributed by atoms with Crippen LogP contribution in [-0.4, -0.2) is 33.9 Å². The van der Waals surface area contributed by atoms with E-state index in [0.29, 0.717) is 5.82 Å². The van der Waals surface area contributed by atoms with Crippen LogP contribution in [0.2, 0.25) is 0 Å². The number of amides is 1. The first-order valence-electron chi connectivity index (χ1n) is 8.58. The fourth-order valence-electron chi connectivity index (χ4n) is 3.27. The van der Waals surface area contributed by atoms with Crippen LogP contribution in [0.1, 0.15) is 12.8 Å². The molecular formula is C19H18BrN5O. The summed E-state index contributed by atoms with van der Waals surface area (Å²) in [7, 11) is 0. The number of para-hydroxylation sites is 1. The third-order valence-corrected chi connectivity index (χ3v) is 5.13. The number of halogens is 1. The van der Waals surface area contributed by atoms with E-state index in [1.54, 1.807) is 18.6 Å². The van der Waals surface area contributed by atoms with Crippen LogP contribution < -0.4 is 10.2 Å². The van der Waals surface area contributed by atoms with E-state index < -0.39 is 0 Å². The summed E-state index contributed by atoms with van der Waals surface area (Å²) >= 11 is 3.34. The fourth-order valence-corrected chi connectivity index (χ4v) is 3.51. The summed E-state index contributed by atoms with van der Waals surface area (Å²) in [4.78, 5) is 27.7. The maximum Gasteiger partial charge on any atom is 0.228 e. The van der Waals surface area contributed by atoms with Gasteiger partial charge in [0.15, 0.2) is 0 Å². The van der Waals surface area contributed by atoms with Crippen molar-refractivity contribution in [1.29, 1.82) is 0 Å². The van der Waals surface area contributed by atoms with Gasteiger partial charge in [-0.15, -0.1) is 0 Å². The Morgan fingerprint density at radius 2 is 1.88 bits per heavy atom. The van der Waals surface area contributed by atoms with Crippen molar-refractivity contribution in [3.8, 4) is 0 Å². The van der Waals surface area contributed by atoms with Gasteiger partial charge in [-0.1, -0.05) is 12.1 Å². The van der Waals surface area contributed by atoms with E-state index in [0.717, 1.165) is 47.1 Å². The largest absolute Gasteiger partial charge is 0.356 e. The molecule has 0 spiro atoms. The van der Waals surface area contributed by atoms with Crippen LogP contribution in [0.25, 0.3) is 10.9 Å². The molecule has 132 valence electrons. The number of piperidine rings is 1. The second-order valence-corrected chi connectivity index (χ2v) is 7.24. The first-order chi connectivity index (χ1) is 12.7. The lowest BCUT2D eigenvalue weighted by Gasteiger charge is -2.32. The van der Waals surface area contributed by atoms with Crippen molar-refractivity contribution in [2.24, 2.45) is 5.92 Å². The maximum atomic E-state index is 12.5. The van der Waals surface area contributed by atoms with Crippen LogP contribution in [0.4, 0.5) is 11.6 Å². The highest BCUT2D eigenvalue weighted by Crippen LogP contribution is 2.27. The lowest BCUT2D eigenvalue weighted by Crippen LogP contribution is -2.38. The molecule has 0 radical (unpaired) electrons. The molecule has 1 aliphatic heterocycles. The van der Waals surface area contributed by atoms with Crippen LogP contribution >= 0.6 is 15.9 Å². The molecule has 1 aromatic carbocycles. The van der Waals surface area contributed by atoms with E-state index in [9.17, 15) is 4.79 Å². The molecule has 2 aromatic heterocycles. The highest BCUT2D eigenvalue weighted by Gasteiger charge is 2.26. The van der Waals surface area contributed by atoms with Crippen LogP contribution in [0, 0.1) is 5.92 Å². The molecule has 1 aliphatic rings. The molecule has 0 saturated carbocycles. The number of fused-ring (bicyclic) bond motifs is 1. The molecule has 0 bridgehead atoms. The van der Waals surface area contributed by atoms with Crippen LogP contribution in [0.5, 0.6) is 0 Å². The van der Waals surface area contributed by atoms with Gasteiger partial charge in [0.05, 0.1) is 5.52 Å². The number of rotatable bonds is 3. The Balaban J connectivity index is 1.42. The van der Waals surface area contributed by atoms with Gasteiger partial charge < -0.3 is 10.2 Å². The van der Waals surface area contributed by atoms with Crippen molar-refractivity contribution in [3.63, 3.8) is 0 Å². The minimum atomic E-state index is -0.00945. The summed E-state index contributed by atoms with van der Waals surface area (Å²) in [6.07, 6.45) is 4.87. The molecule has 1 N–H and O–H groups in total. The molecule has 26 heavy (non-hydrogen) atoms. The van der Waals surface area contributed by atoms with Crippen molar-refractivity contribution in [2.45, 2.75) is 12.8 Å². The summed E-state index contributed by atoms with van der Waals surface area (Å²) in [5, 5.41) is 3.96. The second-order valence-electron chi connectivity index (χ2n) is 6.33. The zero-order chi connectivity index (χ0) is 17.9. The first-order valence-corrected chi connectivity index (χ1v) is 9.37. The van der Waals surface area contributed by atoms with Crippen molar-refractivity contribution < 1.29 is 4.79 Å². The molecule has 1 saturated heterocycles. The number of nitrogens with zero attached hydrogens (tertiary/aromatic N) is 4. The zero-order valence-corrected chi connectivity index (χ0v) is 15.7.